The Labute approximate surface area is 70.9 Å². The quantitative estimate of drug-likeness (QED) is 0.645. The van der Waals surface area contributed by atoms with Crippen LogP contribution in [0.2, 0.25) is 0 Å². The molecule has 0 aromatic heterocycles. The first kappa shape index (κ1) is 10.6. The van der Waals surface area contributed by atoms with Crippen molar-refractivity contribution < 1.29 is 13.2 Å². The number of halogens is 5. The number of hydrogen-bond acceptors (Lipinski definition) is 0. The lowest BCUT2D eigenvalue weighted by Gasteiger charge is -2.22. The molecule has 0 aliphatic heterocycles. The minimum atomic E-state index is -4.37. The fraction of sp³-hybridized carbons (Fsp3) is 1.00. The van der Waals surface area contributed by atoms with Crippen LogP contribution in [-0.2, 0) is 0 Å². The van der Waals surface area contributed by atoms with E-state index < -0.39 is 9.96 Å². The summed E-state index contributed by atoms with van der Waals surface area (Å²) in [6.07, 6.45) is -4.09. The van der Waals surface area contributed by atoms with Gasteiger partial charge in [-0.1, -0.05) is 40.9 Å². The normalized spacial score (nSPS) is 18.6. The van der Waals surface area contributed by atoms with Crippen molar-refractivity contribution in [2.45, 2.75) is 29.7 Å². The third-order valence-corrected chi connectivity index (χ3v) is 2.23. The summed E-state index contributed by atoms with van der Waals surface area (Å²) in [6.45, 7) is 1.64. The van der Waals surface area contributed by atoms with Crippen molar-refractivity contribution in [2.24, 2.45) is 0 Å². The van der Waals surface area contributed by atoms with Crippen molar-refractivity contribution in [3.63, 3.8) is 0 Å². The minimum Gasteiger partial charge on any atom is -0.168 e. The van der Waals surface area contributed by atoms with E-state index in [1.54, 1.807) is 6.92 Å². The molecule has 0 saturated heterocycles. The molecule has 5 heteroatoms. The summed E-state index contributed by atoms with van der Waals surface area (Å²) >= 11 is 7.51. The summed E-state index contributed by atoms with van der Waals surface area (Å²) in [7, 11) is 0. The van der Waals surface area contributed by atoms with Gasteiger partial charge in [-0.15, -0.1) is 0 Å². The predicted molar refractivity (Wildman–Crippen MR) is 38.5 cm³/mol. The van der Waals surface area contributed by atoms with E-state index in [4.69, 9.17) is 11.6 Å². The molecular formula is C5H7BrClF3. The molecule has 0 aromatic carbocycles. The summed E-state index contributed by atoms with van der Waals surface area (Å²) in [5.41, 5.74) is 0. The van der Waals surface area contributed by atoms with Crippen LogP contribution in [0.3, 0.4) is 0 Å². The second-order valence-electron chi connectivity index (χ2n) is 1.95. The zero-order valence-corrected chi connectivity index (χ0v) is 7.65. The molecule has 0 aliphatic carbocycles. The smallest absolute Gasteiger partial charge is 0.168 e. The van der Waals surface area contributed by atoms with Gasteiger partial charge in [0.2, 0.25) is 0 Å². The van der Waals surface area contributed by atoms with Gasteiger partial charge in [0.15, 0.2) is 3.78 Å². The number of hydrogen-bond donors (Lipinski definition) is 0. The first-order chi connectivity index (χ1) is 4.31. The first-order valence-corrected chi connectivity index (χ1v) is 3.93. The Hall–Kier alpha value is 0.560. The lowest BCUT2D eigenvalue weighted by molar-refractivity contribution is -0.138. The van der Waals surface area contributed by atoms with Crippen molar-refractivity contribution in [1.29, 1.82) is 0 Å². The maximum absolute atomic E-state index is 11.8. The van der Waals surface area contributed by atoms with E-state index in [0.29, 0.717) is 6.42 Å². The highest BCUT2D eigenvalue weighted by Gasteiger charge is 2.50. The Morgan fingerprint density at radius 3 is 1.90 bits per heavy atom. The SMILES string of the molecule is CCCC(Cl)(Br)C(F)(F)F. The Morgan fingerprint density at radius 1 is 1.40 bits per heavy atom. The molecule has 0 heterocycles. The molecule has 0 amide bonds. The zero-order chi connectivity index (χ0) is 8.41. The van der Waals surface area contributed by atoms with Crippen LogP contribution in [0, 0.1) is 0 Å². The van der Waals surface area contributed by atoms with Gasteiger partial charge in [0.05, 0.1) is 0 Å². The van der Waals surface area contributed by atoms with Gasteiger partial charge < -0.3 is 0 Å². The Bertz CT molecular complexity index is 110. The largest absolute Gasteiger partial charge is 0.417 e. The topological polar surface area (TPSA) is 0 Å². The predicted octanol–water partition coefficient (Wildman–Crippen LogP) is 3.68. The third-order valence-electron chi connectivity index (χ3n) is 0.979. The average molecular weight is 239 g/mol. The standard InChI is InChI=1S/C5H7BrClF3/c1-2-3-4(6,7)5(8,9)10/h2-3H2,1H3. The van der Waals surface area contributed by atoms with Crippen LogP contribution in [0.25, 0.3) is 0 Å². The Kier molecular flexibility index (Phi) is 3.49. The zero-order valence-electron chi connectivity index (χ0n) is 5.30. The van der Waals surface area contributed by atoms with E-state index in [1.165, 1.54) is 0 Å². The maximum atomic E-state index is 11.8. The molecular weight excluding hydrogens is 232 g/mol. The molecule has 0 N–H and O–H groups in total. The molecule has 0 spiro atoms. The molecule has 62 valence electrons. The van der Waals surface area contributed by atoms with Gasteiger partial charge >= 0.3 is 6.18 Å². The highest BCUT2D eigenvalue weighted by atomic mass is 79.9. The van der Waals surface area contributed by atoms with E-state index in [2.05, 4.69) is 15.9 Å². The molecule has 1 unspecified atom stereocenters. The van der Waals surface area contributed by atoms with Crippen LogP contribution in [0.5, 0.6) is 0 Å². The molecule has 1 atom stereocenters. The number of rotatable bonds is 2. The average Bonchev–Trinajstić information content (AvgIpc) is 1.61. The maximum Gasteiger partial charge on any atom is 0.417 e. The van der Waals surface area contributed by atoms with E-state index in [9.17, 15) is 13.2 Å². The van der Waals surface area contributed by atoms with Crippen molar-refractivity contribution in [2.75, 3.05) is 0 Å². The van der Waals surface area contributed by atoms with Crippen molar-refractivity contribution >= 4 is 27.5 Å². The van der Waals surface area contributed by atoms with Crippen LogP contribution in [0.1, 0.15) is 19.8 Å². The summed E-state index contributed by atoms with van der Waals surface area (Å²) in [5.74, 6) is 0. The molecule has 0 saturated carbocycles. The molecule has 10 heavy (non-hydrogen) atoms. The second-order valence-corrected chi connectivity index (χ2v) is 4.41. The number of alkyl halides is 5. The second kappa shape index (κ2) is 3.30. The summed E-state index contributed by atoms with van der Waals surface area (Å²) in [6, 6.07) is 0. The van der Waals surface area contributed by atoms with Crippen LogP contribution in [-0.4, -0.2) is 9.96 Å². The van der Waals surface area contributed by atoms with E-state index in [0.717, 1.165) is 0 Å². The molecule has 0 aliphatic rings. The third kappa shape index (κ3) is 2.66. The highest BCUT2D eigenvalue weighted by Crippen LogP contribution is 2.44. The summed E-state index contributed by atoms with van der Waals surface area (Å²) in [5, 5.41) is 0. The van der Waals surface area contributed by atoms with Gasteiger partial charge in [0.25, 0.3) is 0 Å². The Balaban J connectivity index is 4.10. The van der Waals surface area contributed by atoms with Crippen molar-refractivity contribution in [3.05, 3.63) is 0 Å². The van der Waals surface area contributed by atoms with Crippen molar-refractivity contribution in [1.82, 2.24) is 0 Å². The van der Waals surface area contributed by atoms with Gasteiger partial charge in [-0.3, -0.25) is 0 Å². The molecule has 0 nitrogen and oxygen atoms in total. The van der Waals surface area contributed by atoms with Gasteiger partial charge in [0, 0.05) is 0 Å². The minimum absolute atomic E-state index is 0.113. The van der Waals surface area contributed by atoms with E-state index >= 15 is 0 Å². The molecule has 0 bridgehead atoms. The van der Waals surface area contributed by atoms with Crippen molar-refractivity contribution in [3.8, 4) is 0 Å². The van der Waals surface area contributed by atoms with Gasteiger partial charge in [-0.25, -0.2) is 0 Å². The summed E-state index contributed by atoms with van der Waals surface area (Å²) in [4.78, 5) is 0. The summed E-state index contributed by atoms with van der Waals surface area (Å²) < 4.78 is 33.3. The van der Waals surface area contributed by atoms with E-state index in [-0.39, 0.29) is 6.42 Å². The van der Waals surface area contributed by atoms with Gasteiger partial charge in [-0.05, 0) is 6.42 Å². The van der Waals surface area contributed by atoms with Crippen LogP contribution < -0.4 is 0 Å². The van der Waals surface area contributed by atoms with E-state index in [1.807, 2.05) is 0 Å². The molecule has 0 rings (SSSR count). The van der Waals surface area contributed by atoms with Gasteiger partial charge in [-0.2, -0.15) is 13.2 Å². The van der Waals surface area contributed by atoms with Crippen LogP contribution in [0.4, 0.5) is 13.2 Å². The van der Waals surface area contributed by atoms with Gasteiger partial charge in [0.1, 0.15) is 0 Å². The van der Waals surface area contributed by atoms with Crippen LogP contribution in [0.15, 0.2) is 0 Å². The molecule has 0 radical (unpaired) electrons. The lowest BCUT2D eigenvalue weighted by Crippen LogP contribution is -2.33. The monoisotopic (exact) mass is 238 g/mol. The fourth-order valence-corrected chi connectivity index (χ4v) is 1.04. The lowest BCUT2D eigenvalue weighted by atomic mass is 10.2. The van der Waals surface area contributed by atoms with Crippen LogP contribution >= 0.6 is 27.5 Å². The fourth-order valence-electron chi connectivity index (χ4n) is 0.456. The molecule has 0 aromatic rings. The Morgan fingerprint density at radius 2 is 1.80 bits per heavy atom. The first-order valence-electron chi connectivity index (χ1n) is 2.76. The molecule has 0 fully saturated rings. The highest BCUT2D eigenvalue weighted by molar-refractivity contribution is 9.10.